The summed E-state index contributed by atoms with van der Waals surface area (Å²) < 4.78 is 0. The third-order valence-electron chi connectivity index (χ3n) is 5.12. The topological polar surface area (TPSA) is 28.0 Å². The van der Waals surface area contributed by atoms with Crippen LogP contribution in [0.2, 0.25) is 0 Å². The molecule has 3 aromatic carbocycles. The van der Waals surface area contributed by atoms with Crippen molar-refractivity contribution in [1.29, 1.82) is 0 Å². The summed E-state index contributed by atoms with van der Waals surface area (Å²) in [5, 5.41) is 2.52. The minimum absolute atomic E-state index is 0.194. The molecule has 0 spiro atoms. The van der Waals surface area contributed by atoms with Crippen LogP contribution in [-0.4, -0.2) is 43.5 Å². The fraction of sp³-hybridized carbons (Fsp3) is 0.250. The molecular weight excluding hydrogens is 457 g/mol. The van der Waals surface area contributed by atoms with E-state index in [9.17, 15) is 0 Å². The van der Waals surface area contributed by atoms with Crippen LogP contribution in [-0.2, 0) is 13.1 Å². The molecule has 0 radical (unpaired) electrons. The van der Waals surface area contributed by atoms with Crippen LogP contribution in [0.15, 0.2) is 64.6 Å². The third-order valence-corrected chi connectivity index (χ3v) is 5.12. The van der Waals surface area contributed by atoms with Crippen molar-refractivity contribution in [1.82, 2.24) is 4.90 Å². The maximum atomic E-state index is 5.15. The second-order valence-electron chi connectivity index (χ2n) is 7.49. The molecule has 3 nitrogen and oxygen atoms in total. The summed E-state index contributed by atoms with van der Waals surface area (Å²) in [6, 6.07) is 19.2. The predicted octanol–water partition coefficient (Wildman–Crippen LogP) is 6.32. The molecule has 0 aliphatic heterocycles. The zero-order valence-electron chi connectivity index (χ0n) is 17.6. The standard InChI is InChI=1S/C24H25N3.2ClH.Fe/c1-16-8-5-9-17(2)22(16)26-24-20-13-7-11-18-10-6-12-19(21(18)20)23(24)25-14-15-27(3)4;;;/h5-13H,14-15H2,1-4H3;2*1H;/q;;;+3/p-2. The molecule has 0 saturated carbocycles. The van der Waals surface area contributed by atoms with Gasteiger partial charge < -0.3 is 4.90 Å². The Bertz CT molecular complexity index is 1080. The van der Waals surface area contributed by atoms with Gasteiger partial charge in [-0.2, -0.15) is 0 Å². The number of hydrogen-bond donors (Lipinski definition) is 0. The van der Waals surface area contributed by atoms with Gasteiger partial charge in [0.05, 0.1) is 23.7 Å². The fourth-order valence-electron chi connectivity index (χ4n) is 3.72. The number of hydrogen-bond acceptors (Lipinski definition) is 3. The van der Waals surface area contributed by atoms with Crippen molar-refractivity contribution >= 4 is 48.1 Å². The van der Waals surface area contributed by atoms with Gasteiger partial charge in [-0.3, -0.25) is 4.99 Å². The summed E-state index contributed by atoms with van der Waals surface area (Å²) in [7, 11) is 13.7. The number of para-hydroxylation sites is 1. The van der Waals surface area contributed by atoms with Gasteiger partial charge in [-0.05, 0) is 44.5 Å². The molecule has 0 heterocycles. The molecule has 0 N–H and O–H groups in total. The van der Waals surface area contributed by atoms with Crippen molar-refractivity contribution in [2.24, 2.45) is 9.98 Å². The first kappa shape index (κ1) is 23.0. The molecule has 0 atom stereocenters. The number of nitrogens with zero attached hydrogens (tertiary/aromatic N) is 3. The van der Waals surface area contributed by atoms with E-state index in [2.05, 4.69) is 87.4 Å². The van der Waals surface area contributed by atoms with Gasteiger partial charge in [0.15, 0.2) is 0 Å². The second-order valence-corrected chi connectivity index (χ2v) is 9.32. The molecule has 0 fully saturated rings. The monoisotopic (exact) mass is 481 g/mol. The van der Waals surface area contributed by atoms with E-state index in [1.165, 1.54) is 33.0 Å². The first-order valence-corrected chi connectivity index (χ1v) is 12.7. The first-order valence-electron chi connectivity index (χ1n) is 9.70. The number of aliphatic imine (C=N–C) groups is 2. The molecular formula is C24H25Cl2FeN3+. The summed E-state index contributed by atoms with van der Waals surface area (Å²) in [6.07, 6.45) is 0. The summed E-state index contributed by atoms with van der Waals surface area (Å²) in [5.41, 5.74) is 7.85. The van der Waals surface area contributed by atoms with Crippen molar-refractivity contribution in [3.05, 3.63) is 76.9 Å². The van der Waals surface area contributed by atoms with Crippen LogP contribution in [0.4, 0.5) is 5.69 Å². The predicted molar refractivity (Wildman–Crippen MR) is 128 cm³/mol. The molecule has 6 heteroatoms. The molecule has 1 aliphatic carbocycles. The molecule has 0 bridgehead atoms. The molecule has 0 aromatic heterocycles. The Balaban J connectivity index is 0.000000806. The van der Waals surface area contributed by atoms with E-state index < -0.39 is 0 Å². The summed E-state index contributed by atoms with van der Waals surface area (Å²) in [4.78, 5) is 12.3. The SMILES string of the molecule is Cc1cccc(C)c1N=C1C(=NCCN(C)C)c2cccc3cccc1c23.[Cl][Fe+][Cl]. The number of likely N-dealkylation sites (N-methyl/N-ethyl adjacent to an activating group) is 1. The Morgan fingerprint density at radius 2 is 1.37 bits per heavy atom. The molecule has 0 amide bonds. The number of rotatable bonds is 4. The van der Waals surface area contributed by atoms with Gasteiger partial charge in [-0.15, -0.1) is 0 Å². The number of halogens is 2. The van der Waals surface area contributed by atoms with Crippen molar-refractivity contribution in [3.63, 3.8) is 0 Å². The van der Waals surface area contributed by atoms with Crippen molar-refractivity contribution in [2.45, 2.75) is 13.8 Å². The fourth-order valence-corrected chi connectivity index (χ4v) is 3.72. The number of benzene rings is 3. The van der Waals surface area contributed by atoms with Gasteiger partial charge in [0.25, 0.3) is 0 Å². The zero-order valence-corrected chi connectivity index (χ0v) is 20.2. The molecule has 4 rings (SSSR count). The van der Waals surface area contributed by atoms with E-state index in [4.69, 9.17) is 30.2 Å². The zero-order chi connectivity index (χ0) is 21.7. The summed E-state index contributed by atoms with van der Waals surface area (Å²) >= 11 is 0.194. The second kappa shape index (κ2) is 10.6. The molecule has 1 aliphatic rings. The average Bonchev–Trinajstić information content (AvgIpc) is 3.00. The van der Waals surface area contributed by atoms with Crippen LogP contribution in [0, 0.1) is 13.8 Å². The van der Waals surface area contributed by atoms with E-state index in [-0.39, 0.29) is 13.1 Å². The average molecular weight is 482 g/mol. The van der Waals surface area contributed by atoms with Crippen LogP contribution >= 0.6 is 20.2 Å². The maximum absolute atomic E-state index is 5.15. The van der Waals surface area contributed by atoms with Crippen LogP contribution in [0.25, 0.3) is 10.8 Å². The van der Waals surface area contributed by atoms with Crippen molar-refractivity contribution < 1.29 is 13.1 Å². The van der Waals surface area contributed by atoms with Gasteiger partial charge in [0, 0.05) is 23.1 Å². The van der Waals surface area contributed by atoms with E-state index in [1.54, 1.807) is 0 Å². The van der Waals surface area contributed by atoms with E-state index in [0.717, 1.165) is 30.2 Å². The Labute approximate surface area is 193 Å². The van der Waals surface area contributed by atoms with Crippen LogP contribution in [0.1, 0.15) is 22.3 Å². The van der Waals surface area contributed by atoms with Crippen LogP contribution in [0.3, 0.4) is 0 Å². The van der Waals surface area contributed by atoms with E-state index in [1.807, 2.05) is 0 Å². The van der Waals surface area contributed by atoms with Gasteiger partial charge >= 0.3 is 33.3 Å². The quantitative estimate of drug-likeness (QED) is 0.400. The number of aryl methyl sites for hydroxylation is 2. The van der Waals surface area contributed by atoms with E-state index in [0.29, 0.717) is 0 Å². The molecule has 30 heavy (non-hydrogen) atoms. The third kappa shape index (κ3) is 4.96. The van der Waals surface area contributed by atoms with Crippen LogP contribution in [0.5, 0.6) is 0 Å². The van der Waals surface area contributed by atoms with Gasteiger partial charge in [-0.25, -0.2) is 4.99 Å². The Morgan fingerprint density at radius 1 is 0.833 bits per heavy atom. The van der Waals surface area contributed by atoms with Crippen molar-refractivity contribution in [3.8, 4) is 0 Å². The summed E-state index contributed by atoms with van der Waals surface area (Å²) in [6.45, 7) is 5.93. The first-order chi connectivity index (χ1) is 14.5. The van der Waals surface area contributed by atoms with E-state index >= 15 is 0 Å². The molecule has 3 aromatic rings. The summed E-state index contributed by atoms with van der Waals surface area (Å²) in [5.74, 6) is 0. The van der Waals surface area contributed by atoms with Crippen molar-refractivity contribution in [2.75, 3.05) is 27.2 Å². The molecule has 0 saturated heterocycles. The van der Waals surface area contributed by atoms with Gasteiger partial charge in [-0.1, -0.05) is 54.6 Å². The van der Waals surface area contributed by atoms with Gasteiger partial charge in [0.2, 0.25) is 0 Å². The normalized spacial score (nSPS) is 15.2. The Morgan fingerprint density at radius 3 is 1.93 bits per heavy atom. The Kier molecular flexibility index (Phi) is 8.10. The minimum atomic E-state index is 0.194. The Hall–Kier alpha value is -1.68. The molecule has 0 unspecified atom stereocenters. The molecule has 157 valence electrons. The van der Waals surface area contributed by atoms with Gasteiger partial charge in [0.1, 0.15) is 0 Å². The van der Waals surface area contributed by atoms with Crippen LogP contribution < -0.4 is 0 Å².